The van der Waals surface area contributed by atoms with Gasteiger partial charge in [0, 0.05) is 12.1 Å². The number of para-hydroxylation sites is 2. The van der Waals surface area contributed by atoms with Crippen molar-refractivity contribution >= 4 is 11.6 Å². The molecule has 0 aliphatic heterocycles. The second-order valence-electron chi connectivity index (χ2n) is 4.96. The van der Waals surface area contributed by atoms with Crippen molar-refractivity contribution < 1.29 is 14.6 Å². The van der Waals surface area contributed by atoms with Gasteiger partial charge < -0.3 is 20.5 Å². The summed E-state index contributed by atoms with van der Waals surface area (Å²) in [4.78, 5) is 11.8. The number of benzene rings is 1. The van der Waals surface area contributed by atoms with Crippen LogP contribution in [0.3, 0.4) is 0 Å². The number of methoxy groups -OCH3 is 1. The number of aliphatic hydroxyl groups excluding tert-OH is 1. The fraction of sp³-hybridized carbons (Fsp3) is 0.500. The van der Waals surface area contributed by atoms with Gasteiger partial charge in [-0.05, 0) is 32.4 Å². The van der Waals surface area contributed by atoms with Crippen LogP contribution in [0.5, 0.6) is 5.75 Å². The van der Waals surface area contributed by atoms with Crippen LogP contribution in [0.1, 0.15) is 20.3 Å². The monoisotopic (exact) mass is 266 g/mol. The number of anilines is 1. The fourth-order valence-corrected chi connectivity index (χ4v) is 1.63. The van der Waals surface area contributed by atoms with E-state index < -0.39 is 0 Å². The van der Waals surface area contributed by atoms with Crippen LogP contribution in [-0.2, 0) is 4.79 Å². The Balaban J connectivity index is 2.52. The zero-order valence-corrected chi connectivity index (χ0v) is 11.7. The van der Waals surface area contributed by atoms with Crippen LogP contribution in [0.2, 0.25) is 0 Å². The Morgan fingerprint density at radius 1 is 1.37 bits per heavy atom. The lowest BCUT2D eigenvalue weighted by molar-refractivity contribution is -0.115. The molecular formula is C14H22N2O3. The number of aliphatic hydroxyl groups is 1. The molecule has 0 aromatic heterocycles. The number of carbonyl (C=O) groups is 1. The predicted octanol–water partition coefficient (Wildman–Crippen LogP) is 1.38. The normalized spacial score (nSPS) is 11.2. The molecule has 3 N–H and O–H groups in total. The molecule has 19 heavy (non-hydrogen) atoms. The summed E-state index contributed by atoms with van der Waals surface area (Å²) in [5.74, 6) is 0.487. The Bertz CT molecular complexity index is 419. The molecule has 106 valence electrons. The van der Waals surface area contributed by atoms with E-state index in [1.165, 1.54) is 0 Å². The second-order valence-corrected chi connectivity index (χ2v) is 4.96. The Hall–Kier alpha value is -1.59. The van der Waals surface area contributed by atoms with Gasteiger partial charge in [-0.2, -0.15) is 0 Å². The van der Waals surface area contributed by atoms with Gasteiger partial charge in [0.15, 0.2) is 0 Å². The lowest BCUT2D eigenvalue weighted by atomic mass is 10.0. The molecule has 0 fully saturated rings. The molecule has 1 aromatic rings. The average molecular weight is 266 g/mol. The van der Waals surface area contributed by atoms with Crippen LogP contribution in [0.4, 0.5) is 5.69 Å². The maximum atomic E-state index is 11.8. The molecule has 5 nitrogen and oxygen atoms in total. The summed E-state index contributed by atoms with van der Waals surface area (Å²) >= 11 is 0. The molecule has 0 atom stereocenters. The number of amides is 1. The molecule has 1 amide bonds. The highest BCUT2D eigenvalue weighted by Crippen LogP contribution is 2.22. The SMILES string of the molecule is COc1ccccc1NC(=O)CNC(C)(C)CCO. The first-order valence-electron chi connectivity index (χ1n) is 6.27. The molecule has 1 rings (SSSR count). The molecule has 0 spiro atoms. The van der Waals surface area contributed by atoms with Crippen LogP contribution < -0.4 is 15.4 Å². The highest BCUT2D eigenvalue weighted by molar-refractivity contribution is 5.93. The minimum absolute atomic E-state index is 0.0914. The number of nitrogens with one attached hydrogen (secondary N) is 2. The van der Waals surface area contributed by atoms with Gasteiger partial charge in [0.25, 0.3) is 0 Å². The Labute approximate surface area is 114 Å². The van der Waals surface area contributed by atoms with E-state index in [1.54, 1.807) is 19.2 Å². The van der Waals surface area contributed by atoms with Crippen LogP contribution in [0.15, 0.2) is 24.3 Å². The van der Waals surface area contributed by atoms with Gasteiger partial charge in [-0.15, -0.1) is 0 Å². The van der Waals surface area contributed by atoms with Crippen molar-refractivity contribution in [2.24, 2.45) is 0 Å². The van der Waals surface area contributed by atoms with Crippen LogP contribution in [0.25, 0.3) is 0 Å². The van der Waals surface area contributed by atoms with Gasteiger partial charge in [0.2, 0.25) is 5.91 Å². The lowest BCUT2D eigenvalue weighted by Crippen LogP contribution is -2.44. The van der Waals surface area contributed by atoms with E-state index in [0.717, 1.165) is 0 Å². The number of hydrogen-bond donors (Lipinski definition) is 3. The molecule has 5 heteroatoms. The summed E-state index contributed by atoms with van der Waals surface area (Å²) in [5.41, 5.74) is 0.379. The van der Waals surface area contributed by atoms with Gasteiger partial charge in [-0.1, -0.05) is 12.1 Å². The van der Waals surface area contributed by atoms with E-state index in [9.17, 15) is 4.79 Å². The molecule has 0 bridgehead atoms. The zero-order valence-electron chi connectivity index (χ0n) is 11.7. The predicted molar refractivity (Wildman–Crippen MR) is 75.4 cm³/mol. The van der Waals surface area contributed by atoms with Crippen molar-refractivity contribution in [3.05, 3.63) is 24.3 Å². The largest absolute Gasteiger partial charge is 0.495 e. The fourth-order valence-electron chi connectivity index (χ4n) is 1.63. The summed E-state index contributed by atoms with van der Waals surface area (Å²) in [6.07, 6.45) is 0.592. The molecular weight excluding hydrogens is 244 g/mol. The molecule has 1 aromatic carbocycles. The van der Waals surface area contributed by atoms with Crippen molar-refractivity contribution in [2.75, 3.05) is 25.6 Å². The summed E-state index contributed by atoms with van der Waals surface area (Å²) in [5, 5.41) is 14.8. The molecule has 0 aliphatic rings. The smallest absolute Gasteiger partial charge is 0.238 e. The average Bonchev–Trinajstić information content (AvgIpc) is 2.37. The molecule has 0 heterocycles. The maximum absolute atomic E-state index is 11.8. The van der Waals surface area contributed by atoms with Crippen molar-refractivity contribution in [3.8, 4) is 5.75 Å². The van der Waals surface area contributed by atoms with E-state index in [2.05, 4.69) is 10.6 Å². The first kappa shape index (κ1) is 15.5. The quantitative estimate of drug-likeness (QED) is 0.697. The summed E-state index contributed by atoms with van der Waals surface area (Å²) in [6.45, 7) is 4.17. The van der Waals surface area contributed by atoms with Crippen molar-refractivity contribution in [1.29, 1.82) is 0 Å². The van der Waals surface area contributed by atoms with Gasteiger partial charge in [-0.25, -0.2) is 0 Å². The van der Waals surface area contributed by atoms with Gasteiger partial charge in [0.05, 0.1) is 19.3 Å². The minimum atomic E-state index is -0.271. The number of ether oxygens (including phenoxy) is 1. The maximum Gasteiger partial charge on any atom is 0.238 e. The highest BCUT2D eigenvalue weighted by atomic mass is 16.5. The van der Waals surface area contributed by atoms with E-state index in [-0.39, 0.29) is 24.6 Å². The van der Waals surface area contributed by atoms with E-state index in [0.29, 0.717) is 17.9 Å². The van der Waals surface area contributed by atoms with E-state index in [1.807, 2.05) is 26.0 Å². The van der Waals surface area contributed by atoms with Gasteiger partial charge in [-0.3, -0.25) is 4.79 Å². The standard InChI is InChI=1S/C14H22N2O3/c1-14(2,8-9-17)15-10-13(18)16-11-6-4-5-7-12(11)19-3/h4-7,15,17H,8-10H2,1-3H3,(H,16,18). The first-order valence-corrected chi connectivity index (χ1v) is 6.27. The van der Waals surface area contributed by atoms with Crippen molar-refractivity contribution in [1.82, 2.24) is 5.32 Å². The summed E-state index contributed by atoms with van der Waals surface area (Å²) in [6, 6.07) is 7.26. The second kappa shape index (κ2) is 7.11. The minimum Gasteiger partial charge on any atom is -0.495 e. The molecule has 0 radical (unpaired) electrons. The first-order chi connectivity index (χ1) is 8.98. The third-order valence-electron chi connectivity index (χ3n) is 2.85. The van der Waals surface area contributed by atoms with Crippen LogP contribution >= 0.6 is 0 Å². The van der Waals surface area contributed by atoms with Gasteiger partial charge >= 0.3 is 0 Å². The third-order valence-corrected chi connectivity index (χ3v) is 2.85. The Morgan fingerprint density at radius 3 is 2.68 bits per heavy atom. The summed E-state index contributed by atoms with van der Waals surface area (Å²) < 4.78 is 5.16. The Morgan fingerprint density at radius 2 is 2.05 bits per heavy atom. The van der Waals surface area contributed by atoms with E-state index >= 15 is 0 Å². The zero-order chi connectivity index (χ0) is 14.3. The van der Waals surface area contributed by atoms with Crippen molar-refractivity contribution in [3.63, 3.8) is 0 Å². The highest BCUT2D eigenvalue weighted by Gasteiger charge is 2.17. The number of carbonyl (C=O) groups excluding carboxylic acids is 1. The van der Waals surface area contributed by atoms with E-state index in [4.69, 9.17) is 9.84 Å². The molecule has 0 saturated heterocycles. The van der Waals surface area contributed by atoms with Crippen LogP contribution in [0, 0.1) is 0 Å². The summed E-state index contributed by atoms with van der Waals surface area (Å²) in [7, 11) is 1.56. The molecule has 0 saturated carbocycles. The number of rotatable bonds is 7. The van der Waals surface area contributed by atoms with Crippen molar-refractivity contribution in [2.45, 2.75) is 25.8 Å². The molecule has 0 aliphatic carbocycles. The lowest BCUT2D eigenvalue weighted by Gasteiger charge is -2.25. The van der Waals surface area contributed by atoms with Crippen LogP contribution in [-0.4, -0.2) is 36.8 Å². The number of hydrogen-bond acceptors (Lipinski definition) is 4. The third kappa shape index (κ3) is 5.28. The molecule has 0 unspecified atom stereocenters. The Kier molecular flexibility index (Phi) is 5.79. The topological polar surface area (TPSA) is 70.6 Å². The van der Waals surface area contributed by atoms with Gasteiger partial charge in [0.1, 0.15) is 5.75 Å².